The topological polar surface area (TPSA) is 54.9 Å². The number of ether oxygens (including phenoxy) is 2. The molecule has 0 aliphatic carbocycles. The lowest BCUT2D eigenvalue weighted by Crippen LogP contribution is -2.41. The maximum Gasteiger partial charge on any atom is 0.191 e. The van der Waals surface area contributed by atoms with Crippen LogP contribution < -0.4 is 10.6 Å². The summed E-state index contributed by atoms with van der Waals surface area (Å²) in [5, 5.41) is 6.57. The zero-order chi connectivity index (χ0) is 17.6. The Morgan fingerprint density at radius 2 is 1.76 bits per heavy atom. The summed E-state index contributed by atoms with van der Waals surface area (Å²) in [6, 6.07) is 10.2. The van der Waals surface area contributed by atoms with E-state index in [0.29, 0.717) is 25.0 Å². The quantitative estimate of drug-likeness (QED) is 0.229. The predicted molar refractivity (Wildman–Crippen MR) is 116 cm³/mol. The van der Waals surface area contributed by atoms with E-state index >= 15 is 0 Å². The highest BCUT2D eigenvalue weighted by Crippen LogP contribution is 2.02. The third-order valence-electron chi connectivity index (χ3n) is 3.35. The second-order valence-electron chi connectivity index (χ2n) is 6.45. The van der Waals surface area contributed by atoms with Crippen molar-refractivity contribution in [2.24, 2.45) is 16.8 Å². The molecular weight excluding hydrogens is 429 g/mol. The first-order chi connectivity index (χ1) is 11.6. The van der Waals surface area contributed by atoms with E-state index in [4.69, 9.17) is 9.47 Å². The Kier molecular flexibility index (Phi) is 14.9. The molecule has 0 amide bonds. The Morgan fingerprint density at radius 3 is 2.40 bits per heavy atom. The molecule has 0 aliphatic heterocycles. The van der Waals surface area contributed by atoms with Crippen LogP contribution in [0.5, 0.6) is 0 Å². The van der Waals surface area contributed by atoms with E-state index in [1.54, 1.807) is 7.05 Å². The van der Waals surface area contributed by atoms with Gasteiger partial charge in [-0.3, -0.25) is 4.99 Å². The van der Waals surface area contributed by atoms with Crippen LogP contribution in [0.1, 0.15) is 26.3 Å². The Balaban J connectivity index is 0.00000576. The first kappa shape index (κ1) is 24.1. The summed E-state index contributed by atoms with van der Waals surface area (Å²) < 4.78 is 11.3. The van der Waals surface area contributed by atoms with Gasteiger partial charge in [-0.25, -0.2) is 0 Å². The van der Waals surface area contributed by atoms with Gasteiger partial charge in [0.15, 0.2) is 5.96 Å². The van der Waals surface area contributed by atoms with E-state index in [2.05, 4.69) is 48.5 Å². The highest BCUT2D eigenvalue weighted by atomic mass is 127. The largest absolute Gasteiger partial charge is 0.379 e. The number of rotatable bonds is 11. The van der Waals surface area contributed by atoms with Gasteiger partial charge in [0.25, 0.3) is 0 Å². The third-order valence-corrected chi connectivity index (χ3v) is 3.35. The number of guanidine groups is 1. The molecular formula is C19H34IN3O2. The number of hydrogen-bond donors (Lipinski definition) is 2. The second kappa shape index (κ2) is 15.4. The Morgan fingerprint density at radius 1 is 1.04 bits per heavy atom. The van der Waals surface area contributed by atoms with E-state index in [9.17, 15) is 0 Å². The number of hydrogen-bond acceptors (Lipinski definition) is 3. The molecule has 0 saturated heterocycles. The van der Waals surface area contributed by atoms with Crippen molar-refractivity contribution in [3.63, 3.8) is 0 Å². The number of nitrogens with one attached hydrogen (secondary N) is 2. The molecule has 1 atom stereocenters. The van der Waals surface area contributed by atoms with Crippen LogP contribution in [-0.4, -0.2) is 45.9 Å². The molecule has 0 saturated carbocycles. The fourth-order valence-corrected chi connectivity index (χ4v) is 2.06. The van der Waals surface area contributed by atoms with E-state index in [0.717, 1.165) is 32.3 Å². The van der Waals surface area contributed by atoms with Gasteiger partial charge in [0.1, 0.15) is 0 Å². The molecule has 6 heteroatoms. The van der Waals surface area contributed by atoms with Crippen LogP contribution in [0.15, 0.2) is 35.3 Å². The molecule has 25 heavy (non-hydrogen) atoms. The first-order valence-electron chi connectivity index (χ1n) is 8.75. The number of nitrogens with zero attached hydrogens (tertiary/aromatic N) is 1. The van der Waals surface area contributed by atoms with Crippen LogP contribution in [0.2, 0.25) is 0 Å². The van der Waals surface area contributed by atoms with E-state index in [1.165, 1.54) is 5.56 Å². The smallest absolute Gasteiger partial charge is 0.191 e. The molecule has 5 nitrogen and oxygen atoms in total. The van der Waals surface area contributed by atoms with Crippen molar-refractivity contribution >= 4 is 29.9 Å². The molecule has 0 bridgehead atoms. The fourth-order valence-electron chi connectivity index (χ4n) is 2.06. The molecule has 1 rings (SSSR count). The van der Waals surface area contributed by atoms with E-state index in [1.807, 2.05) is 18.2 Å². The standard InChI is InChI=1S/C19H33N3O2.HI/c1-16(2)13-23-11-10-21-19(20-4)22-12-17(3)14-24-15-18-8-6-5-7-9-18;/h5-9,16-17H,10-15H2,1-4H3,(H2,20,21,22);1H. The lowest BCUT2D eigenvalue weighted by molar-refractivity contribution is 0.0930. The molecule has 1 aromatic carbocycles. The van der Waals surface area contributed by atoms with Gasteiger partial charge in [0, 0.05) is 26.7 Å². The summed E-state index contributed by atoms with van der Waals surface area (Å²) >= 11 is 0. The monoisotopic (exact) mass is 463 g/mol. The normalized spacial score (nSPS) is 12.6. The van der Waals surface area contributed by atoms with E-state index in [-0.39, 0.29) is 24.0 Å². The zero-order valence-corrected chi connectivity index (χ0v) is 18.3. The Labute approximate surface area is 170 Å². The van der Waals surface area contributed by atoms with Gasteiger partial charge >= 0.3 is 0 Å². The summed E-state index contributed by atoms with van der Waals surface area (Å²) in [5.41, 5.74) is 1.21. The molecule has 0 aliphatic rings. The predicted octanol–water partition coefficient (Wildman–Crippen LogP) is 3.29. The lowest BCUT2D eigenvalue weighted by atomic mass is 10.2. The third kappa shape index (κ3) is 13.1. The molecule has 0 heterocycles. The maximum atomic E-state index is 5.76. The highest BCUT2D eigenvalue weighted by molar-refractivity contribution is 14.0. The van der Waals surface area contributed by atoms with Gasteiger partial charge in [0.2, 0.25) is 0 Å². The summed E-state index contributed by atoms with van der Waals surface area (Å²) in [6.07, 6.45) is 0. The first-order valence-corrected chi connectivity index (χ1v) is 8.75. The van der Waals surface area contributed by atoms with Gasteiger partial charge in [-0.1, -0.05) is 51.1 Å². The lowest BCUT2D eigenvalue weighted by Gasteiger charge is -2.16. The molecule has 1 unspecified atom stereocenters. The van der Waals surface area contributed by atoms with Gasteiger partial charge in [0.05, 0.1) is 19.8 Å². The molecule has 2 N–H and O–H groups in total. The summed E-state index contributed by atoms with van der Waals surface area (Å²) in [5.74, 6) is 1.78. The highest BCUT2D eigenvalue weighted by Gasteiger charge is 2.04. The summed E-state index contributed by atoms with van der Waals surface area (Å²) in [7, 11) is 1.78. The Hall–Kier alpha value is -0.860. The van der Waals surface area contributed by atoms with Gasteiger partial charge in [-0.05, 0) is 17.4 Å². The molecule has 0 fully saturated rings. The fraction of sp³-hybridized carbons (Fsp3) is 0.632. The van der Waals surface area contributed by atoms with Crippen molar-refractivity contribution in [3.8, 4) is 0 Å². The number of aliphatic imine (C=N–C) groups is 1. The molecule has 0 spiro atoms. The van der Waals surface area contributed by atoms with E-state index < -0.39 is 0 Å². The molecule has 1 aromatic rings. The summed E-state index contributed by atoms with van der Waals surface area (Å²) in [6.45, 7) is 10.9. The van der Waals surface area contributed by atoms with Crippen LogP contribution in [0.4, 0.5) is 0 Å². The summed E-state index contributed by atoms with van der Waals surface area (Å²) in [4.78, 5) is 4.22. The van der Waals surface area contributed by atoms with Crippen LogP contribution in [0.3, 0.4) is 0 Å². The van der Waals surface area contributed by atoms with Crippen molar-refractivity contribution in [1.29, 1.82) is 0 Å². The minimum atomic E-state index is 0. The average molecular weight is 463 g/mol. The Bertz CT molecular complexity index is 455. The maximum absolute atomic E-state index is 5.76. The zero-order valence-electron chi connectivity index (χ0n) is 16.0. The molecule has 0 radical (unpaired) electrons. The number of halogens is 1. The average Bonchev–Trinajstić information content (AvgIpc) is 2.58. The van der Waals surface area contributed by atoms with Crippen molar-refractivity contribution in [2.45, 2.75) is 27.4 Å². The number of benzene rings is 1. The minimum Gasteiger partial charge on any atom is -0.379 e. The SMILES string of the molecule is CN=C(NCCOCC(C)C)NCC(C)COCc1ccccc1.I. The van der Waals surface area contributed by atoms with Crippen molar-refractivity contribution in [1.82, 2.24) is 10.6 Å². The van der Waals surface area contributed by atoms with Gasteiger partial charge < -0.3 is 20.1 Å². The van der Waals surface area contributed by atoms with Crippen LogP contribution in [0.25, 0.3) is 0 Å². The second-order valence-corrected chi connectivity index (χ2v) is 6.45. The molecule has 144 valence electrons. The minimum absolute atomic E-state index is 0. The van der Waals surface area contributed by atoms with Crippen LogP contribution in [-0.2, 0) is 16.1 Å². The van der Waals surface area contributed by atoms with Crippen molar-refractivity contribution in [3.05, 3.63) is 35.9 Å². The van der Waals surface area contributed by atoms with Gasteiger partial charge in [-0.2, -0.15) is 0 Å². The van der Waals surface area contributed by atoms with Crippen LogP contribution >= 0.6 is 24.0 Å². The van der Waals surface area contributed by atoms with Gasteiger partial charge in [-0.15, -0.1) is 24.0 Å². The van der Waals surface area contributed by atoms with Crippen molar-refractivity contribution in [2.75, 3.05) is 40.0 Å². The van der Waals surface area contributed by atoms with Crippen LogP contribution in [0, 0.1) is 11.8 Å². The van der Waals surface area contributed by atoms with Crippen molar-refractivity contribution < 1.29 is 9.47 Å². The molecule has 0 aromatic heterocycles.